The fraction of sp³-hybridized carbons (Fsp3) is 0.533. The predicted octanol–water partition coefficient (Wildman–Crippen LogP) is 2.12. The first kappa shape index (κ1) is 11.7. The van der Waals surface area contributed by atoms with Gasteiger partial charge in [0, 0.05) is 13.2 Å². The van der Waals surface area contributed by atoms with Crippen molar-refractivity contribution in [3.8, 4) is 6.07 Å². The van der Waals surface area contributed by atoms with Crippen LogP contribution in [-0.2, 0) is 16.7 Å². The van der Waals surface area contributed by atoms with E-state index in [1.807, 2.05) is 12.1 Å². The highest BCUT2D eigenvalue weighted by molar-refractivity contribution is 5.43. The molecule has 0 radical (unpaired) electrons. The second kappa shape index (κ2) is 4.72. The van der Waals surface area contributed by atoms with Crippen LogP contribution >= 0.6 is 0 Å². The van der Waals surface area contributed by atoms with Crippen LogP contribution in [0.25, 0.3) is 0 Å². The Morgan fingerprint density at radius 3 is 3.11 bits per heavy atom. The summed E-state index contributed by atoms with van der Waals surface area (Å²) < 4.78 is 5.62. The summed E-state index contributed by atoms with van der Waals surface area (Å²) in [6.45, 7) is 1.64. The number of rotatable bonds is 3. The average Bonchev–Trinajstić information content (AvgIpc) is 3.05. The molecule has 3 heteroatoms. The fourth-order valence-corrected chi connectivity index (χ4v) is 3.04. The third-order valence-corrected chi connectivity index (χ3v) is 4.09. The number of aryl methyl sites for hydroxylation is 1. The molecule has 2 aliphatic rings. The van der Waals surface area contributed by atoms with Gasteiger partial charge >= 0.3 is 0 Å². The fourth-order valence-electron chi connectivity index (χ4n) is 3.04. The van der Waals surface area contributed by atoms with Crippen molar-refractivity contribution >= 4 is 0 Å². The molecule has 1 fully saturated rings. The molecule has 94 valence electrons. The van der Waals surface area contributed by atoms with Crippen LogP contribution in [0.3, 0.4) is 0 Å². The quantitative estimate of drug-likeness (QED) is 0.883. The van der Waals surface area contributed by atoms with Crippen molar-refractivity contribution in [2.75, 3.05) is 13.2 Å². The number of hydrogen-bond acceptors (Lipinski definition) is 3. The van der Waals surface area contributed by atoms with E-state index in [1.54, 1.807) is 0 Å². The molecule has 1 aromatic carbocycles. The van der Waals surface area contributed by atoms with E-state index in [0.717, 1.165) is 44.4 Å². The molecule has 3 nitrogen and oxygen atoms in total. The molecular weight excluding hydrogens is 224 g/mol. The van der Waals surface area contributed by atoms with Crippen molar-refractivity contribution in [1.29, 1.82) is 5.26 Å². The Kier molecular flexibility index (Phi) is 3.07. The third kappa shape index (κ3) is 1.92. The minimum atomic E-state index is -0.497. The van der Waals surface area contributed by atoms with Crippen molar-refractivity contribution in [3.05, 3.63) is 35.4 Å². The Hall–Kier alpha value is -1.37. The zero-order chi connectivity index (χ0) is 12.4. The third-order valence-electron chi connectivity index (χ3n) is 4.09. The molecule has 3 rings (SSSR count). The van der Waals surface area contributed by atoms with Crippen LogP contribution in [0.15, 0.2) is 24.3 Å². The van der Waals surface area contributed by atoms with E-state index >= 15 is 0 Å². The van der Waals surface area contributed by atoms with Gasteiger partial charge in [0.05, 0.1) is 12.2 Å². The van der Waals surface area contributed by atoms with E-state index in [1.165, 1.54) is 5.56 Å². The molecule has 0 aromatic heterocycles. The summed E-state index contributed by atoms with van der Waals surface area (Å²) >= 11 is 0. The van der Waals surface area contributed by atoms with E-state index < -0.39 is 5.54 Å². The lowest BCUT2D eigenvalue weighted by molar-refractivity contribution is 0.104. The lowest BCUT2D eigenvalue weighted by Gasteiger charge is -2.25. The van der Waals surface area contributed by atoms with Gasteiger partial charge in [0.1, 0.15) is 5.54 Å². The van der Waals surface area contributed by atoms with Crippen LogP contribution in [-0.4, -0.2) is 19.3 Å². The summed E-state index contributed by atoms with van der Waals surface area (Å²) in [5, 5.41) is 13.0. The summed E-state index contributed by atoms with van der Waals surface area (Å²) in [6.07, 6.45) is 4.39. The summed E-state index contributed by atoms with van der Waals surface area (Å²) in [7, 11) is 0. The molecule has 0 saturated carbocycles. The Bertz CT molecular complexity index is 474. The van der Waals surface area contributed by atoms with Crippen molar-refractivity contribution < 1.29 is 4.74 Å². The maximum absolute atomic E-state index is 9.58. The molecule has 1 aliphatic heterocycles. The molecule has 1 N–H and O–H groups in total. The van der Waals surface area contributed by atoms with Crippen molar-refractivity contribution in [3.63, 3.8) is 0 Å². The van der Waals surface area contributed by atoms with Crippen LogP contribution < -0.4 is 5.32 Å². The van der Waals surface area contributed by atoms with Gasteiger partial charge in [-0.05, 0) is 36.8 Å². The maximum atomic E-state index is 9.58. The Labute approximate surface area is 108 Å². The average molecular weight is 242 g/mol. The lowest BCUT2D eigenvalue weighted by Crippen LogP contribution is -2.43. The van der Waals surface area contributed by atoms with E-state index in [4.69, 9.17) is 4.74 Å². The topological polar surface area (TPSA) is 45.0 Å². The maximum Gasteiger partial charge on any atom is 0.132 e. The first-order chi connectivity index (χ1) is 8.84. The van der Waals surface area contributed by atoms with Gasteiger partial charge in [0.15, 0.2) is 0 Å². The van der Waals surface area contributed by atoms with Crippen LogP contribution in [0.4, 0.5) is 0 Å². The number of nitrogens with one attached hydrogen (secondary N) is 1. The largest absolute Gasteiger partial charge is 0.377 e. The minimum absolute atomic E-state index is 0.281. The molecule has 0 bridgehead atoms. The molecule has 2 unspecified atom stereocenters. The predicted molar refractivity (Wildman–Crippen MR) is 69.0 cm³/mol. The first-order valence-electron chi connectivity index (χ1n) is 6.70. The van der Waals surface area contributed by atoms with Gasteiger partial charge in [-0.2, -0.15) is 5.26 Å². The van der Waals surface area contributed by atoms with Crippen LogP contribution in [0.2, 0.25) is 0 Å². The zero-order valence-electron chi connectivity index (χ0n) is 10.5. The van der Waals surface area contributed by atoms with E-state index in [-0.39, 0.29) is 6.10 Å². The van der Waals surface area contributed by atoms with E-state index in [0.29, 0.717) is 0 Å². The first-order valence-corrected chi connectivity index (χ1v) is 6.70. The Balaban J connectivity index is 1.77. The molecule has 0 spiro atoms. The highest BCUT2D eigenvalue weighted by Crippen LogP contribution is 2.36. The number of benzene rings is 1. The molecular formula is C15H18N2O. The number of hydrogen-bond donors (Lipinski definition) is 1. The molecule has 18 heavy (non-hydrogen) atoms. The SMILES string of the molecule is N#CC1(NCC2CCCO2)CCc2ccccc21. The van der Waals surface area contributed by atoms with Gasteiger partial charge in [-0.3, -0.25) is 5.32 Å². The molecule has 1 aliphatic carbocycles. The van der Waals surface area contributed by atoms with Crippen molar-refractivity contribution in [1.82, 2.24) is 5.32 Å². The second-order valence-electron chi connectivity index (χ2n) is 5.19. The van der Waals surface area contributed by atoms with Gasteiger partial charge in [-0.15, -0.1) is 0 Å². The monoisotopic (exact) mass is 242 g/mol. The smallest absolute Gasteiger partial charge is 0.132 e. The minimum Gasteiger partial charge on any atom is -0.377 e. The molecule has 0 amide bonds. The summed E-state index contributed by atoms with van der Waals surface area (Å²) in [5.41, 5.74) is 1.96. The van der Waals surface area contributed by atoms with Crippen LogP contribution in [0.5, 0.6) is 0 Å². The molecule has 1 saturated heterocycles. The highest BCUT2D eigenvalue weighted by Gasteiger charge is 2.39. The Morgan fingerprint density at radius 2 is 2.33 bits per heavy atom. The molecule has 1 aromatic rings. The lowest BCUT2D eigenvalue weighted by atomic mass is 9.93. The Morgan fingerprint density at radius 1 is 1.44 bits per heavy atom. The number of nitriles is 1. The normalized spacial score (nSPS) is 30.1. The van der Waals surface area contributed by atoms with Gasteiger partial charge < -0.3 is 4.74 Å². The zero-order valence-corrected chi connectivity index (χ0v) is 10.5. The van der Waals surface area contributed by atoms with Gasteiger partial charge in [0.25, 0.3) is 0 Å². The summed E-state index contributed by atoms with van der Waals surface area (Å²) in [5.74, 6) is 0. The number of fused-ring (bicyclic) bond motifs is 1. The van der Waals surface area contributed by atoms with Gasteiger partial charge in [-0.25, -0.2) is 0 Å². The van der Waals surface area contributed by atoms with Gasteiger partial charge in [-0.1, -0.05) is 24.3 Å². The van der Waals surface area contributed by atoms with Crippen LogP contribution in [0, 0.1) is 11.3 Å². The van der Waals surface area contributed by atoms with Crippen molar-refractivity contribution in [2.45, 2.75) is 37.3 Å². The highest BCUT2D eigenvalue weighted by atomic mass is 16.5. The molecule has 1 heterocycles. The standard InChI is InChI=1S/C15H18N2O/c16-11-15(17-10-13-5-3-9-18-13)8-7-12-4-1-2-6-14(12)15/h1-2,4,6,13,17H,3,5,7-10H2. The summed E-state index contributed by atoms with van der Waals surface area (Å²) in [6, 6.07) is 10.8. The van der Waals surface area contributed by atoms with E-state index in [2.05, 4.69) is 23.5 Å². The summed E-state index contributed by atoms with van der Waals surface area (Å²) in [4.78, 5) is 0. The molecule has 2 atom stereocenters. The number of nitrogens with zero attached hydrogens (tertiary/aromatic N) is 1. The second-order valence-corrected chi connectivity index (χ2v) is 5.19. The van der Waals surface area contributed by atoms with Crippen LogP contribution in [0.1, 0.15) is 30.4 Å². The van der Waals surface area contributed by atoms with Gasteiger partial charge in [0.2, 0.25) is 0 Å². The number of ether oxygens (including phenoxy) is 1. The van der Waals surface area contributed by atoms with Crippen molar-refractivity contribution in [2.24, 2.45) is 0 Å². The van der Waals surface area contributed by atoms with E-state index in [9.17, 15) is 5.26 Å².